The molecule has 0 saturated carbocycles. The van der Waals surface area contributed by atoms with Gasteiger partial charge >= 0.3 is 5.97 Å². The van der Waals surface area contributed by atoms with Crippen LogP contribution in [0.1, 0.15) is 23.3 Å². The van der Waals surface area contributed by atoms with Crippen molar-refractivity contribution in [3.8, 4) is 0 Å². The molecule has 2 aromatic carbocycles. The van der Waals surface area contributed by atoms with Crippen molar-refractivity contribution in [1.29, 1.82) is 0 Å². The van der Waals surface area contributed by atoms with Gasteiger partial charge < -0.3 is 9.47 Å². The fraction of sp³-hybridized carbons (Fsp3) is 0.312. The Morgan fingerprint density at radius 1 is 1.00 bits per heavy atom. The SMILES string of the molecule is O=C1OC[C@H]2[C@H]1[C@@H]1O[C@@H]2c2cc3ccccc3cc21. The third kappa shape index (κ3) is 1.10. The van der Waals surface area contributed by atoms with Crippen LogP contribution in [-0.4, -0.2) is 12.6 Å². The lowest BCUT2D eigenvalue weighted by Crippen LogP contribution is -2.22. The Labute approximate surface area is 110 Å². The molecular weight excluding hydrogens is 240 g/mol. The first kappa shape index (κ1) is 9.98. The zero-order chi connectivity index (χ0) is 12.6. The minimum atomic E-state index is -0.0930. The second-order valence-electron chi connectivity index (χ2n) is 5.63. The van der Waals surface area contributed by atoms with Crippen LogP contribution in [0.25, 0.3) is 10.8 Å². The molecule has 19 heavy (non-hydrogen) atoms. The highest BCUT2D eigenvalue weighted by atomic mass is 16.6. The van der Waals surface area contributed by atoms with Crippen molar-refractivity contribution in [3.63, 3.8) is 0 Å². The number of carbonyl (C=O) groups is 1. The molecule has 3 heteroatoms. The van der Waals surface area contributed by atoms with Gasteiger partial charge in [-0.3, -0.25) is 4.79 Å². The summed E-state index contributed by atoms with van der Waals surface area (Å²) in [6.45, 7) is 0.511. The summed E-state index contributed by atoms with van der Waals surface area (Å²) >= 11 is 0. The van der Waals surface area contributed by atoms with Gasteiger partial charge in [-0.05, 0) is 34.0 Å². The predicted molar refractivity (Wildman–Crippen MR) is 68.5 cm³/mol. The molecule has 3 aliphatic heterocycles. The van der Waals surface area contributed by atoms with Gasteiger partial charge in [-0.2, -0.15) is 0 Å². The Morgan fingerprint density at radius 3 is 2.42 bits per heavy atom. The fourth-order valence-electron chi connectivity index (χ4n) is 3.86. The summed E-state index contributed by atoms with van der Waals surface area (Å²) < 4.78 is 11.3. The van der Waals surface area contributed by atoms with Crippen molar-refractivity contribution in [2.45, 2.75) is 12.2 Å². The van der Waals surface area contributed by atoms with Gasteiger partial charge in [0.25, 0.3) is 0 Å². The molecule has 0 aliphatic carbocycles. The summed E-state index contributed by atoms with van der Waals surface area (Å²) in [5.41, 5.74) is 2.44. The van der Waals surface area contributed by atoms with E-state index in [4.69, 9.17) is 9.47 Å². The Hall–Kier alpha value is -1.87. The van der Waals surface area contributed by atoms with Crippen LogP contribution in [0.2, 0.25) is 0 Å². The summed E-state index contributed by atoms with van der Waals surface area (Å²) in [4.78, 5) is 11.8. The van der Waals surface area contributed by atoms with E-state index in [1.807, 2.05) is 12.1 Å². The summed E-state index contributed by atoms with van der Waals surface area (Å²) in [6, 6.07) is 12.7. The molecule has 94 valence electrons. The highest BCUT2D eigenvalue weighted by Crippen LogP contribution is 2.59. The van der Waals surface area contributed by atoms with E-state index in [0.29, 0.717) is 6.61 Å². The van der Waals surface area contributed by atoms with Gasteiger partial charge in [0.15, 0.2) is 0 Å². The van der Waals surface area contributed by atoms with E-state index >= 15 is 0 Å². The molecule has 2 saturated heterocycles. The highest BCUT2D eigenvalue weighted by Gasteiger charge is 2.59. The number of carbonyl (C=O) groups excluding carboxylic acids is 1. The Balaban J connectivity index is 1.76. The lowest BCUT2D eigenvalue weighted by atomic mass is 9.77. The number of ether oxygens (including phenoxy) is 2. The van der Waals surface area contributed by atoms with E-state index in [0.717, 1.165) is 0 Å². The fourth-order valence-corrected chi connectivity index (χ4v) is 3.86. The van der Waals surface area contributed by atoms with Crippen LogP contribution in [0.5, 0.6) is 0 Å². The van der Waals surface area contributed by atoms with Crippen LogP contribution in [0.15, 0.2) is 36.4 Å². The average molecular weight is 252 g/mol. The number of esters is 1. The third-order valence-electron chi connectivity index (χ3n) is 4.72. The highest BCUT2D eigenvalue weighted by molar-refractivity contribution is 5.86. The number of hydrogen-bond acceptors (Lipinski definition) is 3. The predicted octanol–water partition coefficient (Wildman–Crippen LogP) is 2.76. The second kappa shape index (κ2) is 3.17. The first-order chi connectivity index (χ1) is 9.33. The van der Waals surface area contributed by atoms with Crippen molar-refractivity contribution in [2.75, 3.05) is 6.61 Å². The quantitative estimate of drug-likeness (QED) is 0.676. The lowest BCUT2D eigenvalue weighted by molar-refractivity contribution is -0.144. The number of fused-ring (bicyclic) bond motifs is 9. The lowest BCUT2D eigenvalue weighted by Gasteiger charge is -2.20. The maximum Gasteiger partial charge on any atom is 0.312 e. The topological polar surface area (TPSA) is 35.5 Å². The largest absolute Gasteiger partial charge is 0.465 e. The number of rotatable bonds is 0. The van der Waals surface area contributed by atoms with Crippen molar-refractivity contribution in [2.24, 2.45) is 11.8 Å². The molecule has 4 atom stereocenters. The number of benzene rings is 2. The van der Waals surface area contributed by atoms with Crippen LogP contribution in [0, 0.1) is 11.8 Å². The molecule has 0 N–H and O–H groups in total. The van der Waals surface area contributed by atoms with E-state index in [1.165, 1.54) is 21.9 Å². The Bertz CT molecular complexity index is 721. The van der Waals surface area contributed by atoms with Gasteiger partial charge in [0.1, 0.15) is 0 Å². The van der Waals surface area contributed by atoms with E-state index in [2.05, 4.69) is 24.3 Å². The van der Waals surface area contributed by atoms with E-state index in [9.17, 15) is 4.79 Å². The molecular formula is C16H12O3. The van der Waals surface area contributed by atoms with Gasteiger partial charge in [-0.15, -0.1) is 0 Å². The number of cyclic esters (lactones) is 1. The molecule has 0 spiro atoms. The van der Waals surface area contributed by atoms with Crippen molar-refractivity contribution in [3.05, 3.63) is 47.5 Å². The summed E-state index contributed by atoms with van der Waals surface area (Å²) in [7, 11) is 0. The summed E-state index contributed by atoms with van der Waals surface area (Å²) in [5, 5.41) is 2.44. The molecule has 2 fully saturated rings. The molecule has 2 bridgehead atoms. The molecule has 3 heterocycles. The molecule has 0 amide bonds. The average Bonchev–Trinajstić information content (AvgIpc) is 3.08. The van der Waals surface area contributed by atoms with Crippen molar-refractivity contribution < 1.29 is 14.3 Å². The minimum Gasteiger partial charge on any atom is -0.465 e. The van der Waals surface area contributed by atoms with Crippen LogP contribution in [0.4, 0.5) is 0 Å². The number of hydrogen-bond donors (Lipinski definition) is 0. The zero-order valence-electron chi connectivity index (χ0n) is 10.2. The van der Waals surface area contributed by atoms with Crippen molar-refractivity contribution >= 4 is 16.7 Å². The van der Waals surface area contributed by atoms with Crippen LogP contribution < -0.4 is 0 Å². The van der Waals surface area contributed by atoms with E-state index in [1.54, 1.807) is 0 Å². The van der Waals surface area contributed by atoms with Crippen LogP contribution in [-0.2, 0) is 14.3 Å². The molecule has 3 aliphatic rings. The Kier molecular flexibility index (Phi) is 1.67. The molecule has 5 rings (SSSR count). The normalized spacial score (nSPS) is 34.4. The minimum absolute atomic E-state index is 0.0426. The first-order valence-electron chi connectivity index (χ1n) is 6.67. The molecule has 3 nitrogen and oxygen atoms in total. The van der Waals surface area contributed by atoms with Gasteiger partial charge in [-0.1, -0.05) is 24.3 Å². The monoisotopic (exact) mass is 252 g/mol. The van der Waals surface area contributed by atoms with Crippen LogP contribution >= 0.6 is 0 Å². The van der Waals surface area contributed by atoms with E-state index in [-0.39, 0.29) is 30.0 Å². The first-order valence-corrected chi connectivity index (χ1v) is 6.67. The van der Waals surface area contributed by atoms with Gasteiger partial charge in [0.05, 0.1) is 24.7 Å². The van der Waals surface area contributed by atoms with Gasteiger partial charge in [0, 0.05) is 5.92 Å². The molecule has 2 aromatic rings. The Morgan fingerprint density at radius 2 is 1.68 bits per heavy atom. The van der Waals surface area contributed by atoms with E-state index < -0.39 is 0 Å². The zero-order valence-corrected chi connectivity index (χ0v) is 10.2. The van der Waals surface area contributed by atoms with Crippen LogP contribution in [0.3, 0.4) is 0 Å². The molecule has 0 radical (unpaired) electrons. The molecule has 0 aromatic heterocycles. The maximum absolute atomic E-state index is 11.8. The molecule has 0 unspecified atom stereocenters. The van der Waals surface area contributed by atoms with Crippen molar-refractivity contribution in [1.82, 2.24) is 0 Å². The summed E-state index contributed by atoms with van der Waals surface area (Å²) in [5.74, 6) is 0.0427. The summed E-state index contributed by atoms with van der Waals surface area (Å²) in [6.07, 6.45) is -0.0503. The van der Waals surface area contributed by atoms with Gasteiger partial charge in [0.2, 0.25) is 0 Å². The smallest absolute Gasteiger partial charge is 0.312 e. The van der Waals surface area contributed by atoms with Gasteiger partial charge in [-0.25, -0.2) is 0 Å². The maximum atomic E-state index is 11.8. The second-order valence-corrected chi connectivity index (χ2v) is 5.63. The third-order valence-corrected chi connectivity index (χ3v) is 4.72. The standard InChI is InChI=1S/C16H12O3/c17-16-13-12(7-18-16)14-10-5-8-3-1-2-4-9(8)6-11(10)15(13)19-14/h1-6,12-15H,7H2/t12-,13-,14+,15+/m0/s1.